The predicted octanol–water partition coefficient (Wildman–Crippen LogP) is 3.08. The minimum Gasteiger partial charge on any atom is -0.377 e. The van der Waals surface area contributed by atoms with Gasteiger partial charge in [-0.3, -0.25) is 9.59 Å². The van der Waals surface area contributed by atoms with Crippen molar-refractivity contribution in [2.24, 2.45) is 0 Å². The number of carbonyl (C=O) groups excluding carboxylic acids is 1. The summed E-state index contributed by atoms with van der Waals surface area (Å²) >= 11 is 6.15. The maximum atomic E-state index is 12.9. The van der Waals surface area contributed by atoms with Gasteiger partial charge in [0.1, 0.15) is 5.02 Å². The van der Waals surface area contributed by atoms with E-state index in [2.05, 4.69) is 10.4 Å². The lowest BCUT2D eigenvalue weighted by atomic mass is 10.2. The first kappa shape index (κ1) is 18.8. The summed E-state index contributed by atoms with van der Waals surface area (Å²) in [5.74, 6) is 0.0568. The van der Waals surface area contributed by atoms with E-state index in [1.165, 1.54) is 18.3 Å². The van der Waals surface area contributed by atoms with Crippen LogP contribution in [-0.2, 0) is 11.0 Å². The lowest BCUT2D eigenvalue weighted by Gasteiger charge is -2.17. The monoisotopic (exact) mass is 412 g/mol. The lowest BCUT2D eigenvalue weighted by Crippen LogP contribution is -2.30. The molecule has 6 nitrogen and oxygen atoms in total. The molecule has 2 heterocycles. The molecule has 1 saturated carbocycles. The number of aromatic nitrogens is 2. The summed E-state index contributed by atoms with van der Waals surface area (Å²) in [6, 6.07) is 4.40. The molecular formula is C18H16ClF3N4O2. The number of nitrogens with one attached hydrogen (secondary N) is 1. The molecule has 1 unspecified atom stereocenters. The smallest absolute Gasteiger partial charge is 0.377 e. The zero-order chi connectivity index (χ0) is 20.1. The Labute approximate surface area is 162 Å². The van der Waals surface area contributed by atoms with Crippen molar-refractivity contribution in [1.82, 2.24) is 14.7 Å². The molecule has 10 heteroatoms. The molecule has 4 rings (SSSR count). The molecule has 1 aliphatic heterocycles. The van der Waals surface area contributed by atoms with E-state index in [0.29, 0.717) is 19.0 Å². The molecule has 0 bridgehead atoms. The predicted molar refractivity (Wildman–Crippen MR) is 96.6 cm³/mol. The third-order valence-electron chi connectivity index (χ3n) is 4.84. The van der Waals surface area contributed by atoms with Crippen LogP contribution in [-0.4, -0.2) is 39.2 Å². The third kappa shape index (κ3) is 3.58. The van der Waals surface area contributed by atoms with E-state index in [0.717, 1.165) is 29.7 Å². The average Bonchev–Trinajstić information content (AvgIpc) is 3.42. The Kier molecular flexibility index (Phi) is 4.57. The third-order valence-corrected chi connectivity index (χ3v) is 5.21. The van der Waals surface area contributed by atoms with Gasteiger partial charge >= 0.3 is 6.18 Å². The van der Waals surface area contributed by atoms with Gasteiger partial charge in [0.25, 0.3) is 5.56 Å². The molecule has 1 aromatic carbocycles. The summed E-state index contributed by atoms with van der Waals surface area (Å²) in [5.41, 5.74) is -1.41. The summed E-state index contributed by atoms with van der Waals surface area (Å²) in [6.45, 7) is 0.524. The molecule has 28 heavy (non-hydrogen) atoms. The van der Waals surface area contributed by atoms with Gasteiger partial charge in [-0.25, -0.2) is 0 Å². The summed E-state index contributed by atoms with van der Waals surface area (Å²) in [5, 5.41) is 6.82. The van der Waals surface area contributed by atoms with E-state index in [4.69, 9.17) is 11.6 Å². The molecule has 148 valence electrons. The number of rotatable bonds is 4. The van der Waals surface area contributed by atoms with Crippen LogP contribution in [0, 0.1) is 0 Å². The molecular weight excluding hydrogens is 397 g/mol. The molecule has 2 aromatic rings. The second-order valence-electron chi connectivity index (χ2n) is 6.96. The molecule has 2 fully saturated rings. The van der Waals surface area contributed by atoms with Crippen LogP contribution >= 0.6 is 11.6 Å². The minimum absolute atomic E-state index is 0.0378. The minimum atomic E-state index is -4.53. The van der Waals surface area contributed by atoms with E-state index < -0.39 is 17.3 Å². The van der Waals surface area contributed by atoms with Crippen LogP contribution in [0.15, 0.2) is 35.3 Å². The number of carbonyl (C=O) groups is 1. The van der Waals surface area contributed by atoms with Crippen molar-refractivity contribution in [3.05, 3.63) is 51.4 Å². The van der Waals surface area contributed by atoms with Crippen molar-refractivity contribution in [3.63, 3.8) is 0 Å². The summed E-state index contributed by atoms with van der Waals surface area (Å²) < 4.78 is 39.5. The van der Waals surface area contributed by atoms with Gasteiger partial charge in [-0.1, -0.05) is 17.7 Å². The number of halogens is 4. The van der Waals surface area contributed by atoms with Crippen molar-refractivity contribution in [3.8, 4) is 5.69 Å². The molecule has 0 radical (unpaired) electrons. The maximum Gasteiger partial charge on any atom is 0.416 e. The first-order valence-corrected chi connectivity index (χ1v) is 9.13. The number of alkyl halides is 3. The Bertz CT molecular complexity index is 988. The van der Waals surface area contributed by atoms with Gasteiger partial charge in [-0.15, -0.1) is 0 Å². The highest BCUT2D eigenvalue weighted by Crippen LogP contribution is 2.32. The summed E-state index contributed by atoms with van der Waals surface area (Å²) in [7, 11) is 0. The molecule has 2 aliphatic rings. The quantitative estimate of drug-likeness (QED) is 0.838. The Morgan fingerprint density at radius 3 is 2.64 bits per heavy atom. The molecule has 1 amide bonds. The van der Waals surface area contributed by atoms with E-state index in [-0.39, 0.29) is 28.3 Å². The van der Waals surface area contributed by atoms with Crippen LogP contribution < -0.4 is 10.9 Å². The molecule has 0 spiro atoms. The molecule has 1 saturated heterocycles. The maximum absolute atomic E-state index is 12.9. The molecule has 1 aromatic heterocycles. The summed E-state index contributed by atoms with van der Waals surface area (Å²) in [4.78, 5) is 26.4. The van der Waals surface area contributed by atoms with Crippen molar-refractivity contribution < 1.29 is 18.0 Å². The Balaban J connectivity index is 1.58. The van der Waals surface area contributed by atoms with Crippen molar-refractivity contribution in [2.75, 3.05) is 11.9 Å². The van der Waals surface area contributed by atoms with Crippen molar-refractivity contribution in [1.29, 1.82) is 0 Å². The van der Waals surface area contributed by atoms with E-state index in [1.807, 2.05) is 4.90 Å². The van der Waals surface area contributed by atoms with E-state index in [9.17, 15) is 22.8 Å². The van der Waals surface area contributed by atoms with Gasteiger partial charge < -0.3 is 10.2 Å². The highest BCUT2D eigenvalue weighted by molar-refractivity contribution is 6.33. The normalized spacial score (nSPS) is 19.9. The Hall–Kier alpha value is -2.55. The Morgan fingerprint density at radius 1 is 1.21 bits per heavy atom. The second-order valence-corrected chi connectivity index (χ2v) is 7.34. The number of likely N-dealkylation sites (tertiary alicyclic amines) is 1. The van der Waals surface area contributed by atoms with Crippen LogP contribution in [0.4, 0.5) is 18.9 Å². The number of hydrogen-bond acceptors (Lipinski definition) is 4. The van der Waals surface area contributed by atoms with Crippen molar-refractivity contribution >= 4 is 23.2 Å². The van der Waals surface area contributed by atoms with Crippen LogP contribution in [0.5, 0.6) is 0 Å². The largest absolute Gasteiger partial charge is 0.416 e. The van der Waals surface area contributed by atoms with Crippen molar-refractivity contribution in [2.45, 2.75) is 37.5 Å². The van der Waals surface area contributed by atoms with Crippen LogP contribution in [0.3, 0.4) is 0 Å². The first-order chi connectivity index (χ1) is 13.2. The van der Waals surface area contributed by atoms with Gasteiger partial charge in [-0.2, -0.15) is 23.0 Å². The zero-order valence-electron chi connectivity index (χ0n) is 14.5. The standard InChI is InChI=1S/C18H16ClF3N4O2/c19-16-14(24-11-7-15(27)25(9-11)12-4-5-12)8-23-26(17(16)28)13-3-1-2-10(6-13)18(20,21)22/h1-3,6,8,11-12,24H,4-5,7,9H2. The lowest BCUT2D eigenvalue weighted by molar-refractivity contribution is -0.137. The number of benzene rings is 1. The fourth-order valence-corrected chi connectivity index (χ4v) is 3.50. The number of anilines is 1. The van der Waals surface area contributed by atoms with Crippen LogP contribution in [0.25, 0.3) is 5.69 Å². The van der Waals surface area contributed by atoms with Crippen LogP contribution in [0.1, 0.15) is 24.8 Å². The topological polar surface area (TPSA) is 67.2 Å². The number of nitrogens with zero attached hydrogens (tertiary/aromatic N) is 3. The van der Waals surface area contributed by atoms with E-state index in [1.54, 1.807) is 0 Å². The molecule has 1 aliphatic carbocycles. The van der Waals surface area contributed by atoms with Crippen LogP contribution in [0.2, 0.25) is 5.02 Å². The Morgan fingerprint density at radius 2 is 1.96 bits per heavy atom. The first-order valence-electron chi connectivity index (χ1n) is 8.75. The van der Waals surface area contributed by atoms with Gasteiger partial charge in [0.05, 0.1) is 29.2 Å². The number of hydrogen-bond donors (Lipinski definition) is 1. The van der Waals surface area contributed by atoms with Gasteiger partial charge in [0.15, 0.2) is 0 Å². The second kappa shape index (κ2) is 6.80. The highest BCUT2D eigenvalue weighted by atomic mass is 35.5. The summed E-state index contributed by atoms with van der Waals surface area (Å²) in [6.07, 6.45) is -0.938. The molecule has 1 atom stereocenters. The SMILES string of the molecule is O=C1CC(Nc2cnn(-c3cccc(C(F)(F)F)c3)c(=O)c2Cl)CN1C1CC1. The zero-order valence-corrected chi connectivity index (χ0v) is 15.3. The molecule has 1 N–H and O–H groups in total. The van der Waals surface area contributed by atoms with E-state index >= 15 is 0 Å². The van der Waals surface area contributed by atoms with Gasteiger partial charge in [0.2, 0.25) is 5.91 Å². The fourth-order valence-electron chi connectivity index (χ4n) is 3.32. The highest BCUT2D eigenvalue weighted by Gasteiger charge is 2.39. The average molecular weight is 413 g/mol. The van der Waals surface area contributed by atoms with Gasteiger partial charge in [0, 0.05) is 19.0 Å². The fraction of sp³-hybridized carbons (Fsp3) is 0.389. The number of amides is 1. The van der Waals surface area contributed by atoms with Gasteiger partial charge in [-0.05, 0) is 31.0 Å².